The number of carbonyl (C=O) groups is 2. The molecule has 10 heteroatoms. The topological polar surface area (TPSA) is 114 Å². The Bertz CT molecular complexity index is 1580. The van der Waals surface area contributed by atoms with Gasteiger partial charge in [0.05, 0.1) is 36.3 Å². The molecule has 0 aliphatic rings. The molecule has 0 saturated carbocycles. The molecule has 200 valence electrons. The normalized spacial score (nSPS) is 11.5. The number of carbonyl (C=O) groups excluding carboxylic acids is 2. The fourth-order valence-electron chi connectivity index (χ4n) is 4.22. The van der Waals surface area contributed by atoms with Crippen LogP contribution in [-0.4, -0.2) is 52.5 Å². The summed E-state index contributed by atoms with van der Waals surface area (Å²) in [6.07, 6.45) is 2.65. The highest BCUT2D eigenvalue weighted by molar-refractivity contribution is 6.01. The second-order valence-electron chi connectivity index (χ2n) is 9.84. The standard InChI is InChI=1S/C28H32N4O6/c1-7-12-29-32-15-20(19-13-17(27(35)37-6)8-10-22(19)32)25-26(34)31(16-24(33)38-28(2,3)4)23-11-9-18(36-5)14-21(23)30-25/h8-11,13-15,29H,7,12,16H2,1-6H3. The summed E-state index contributed by atoms with van der Waals surface area (Å²) in [5, 5.41) is 0.632. The largest absolute Gasteiger partial charge is 0.497 e. The maximum atomic E-state index is 13.9. The van der Waals surface area contributed by atoms with Crippen LogP contribution in [-0.2, 0) is 20.8 Å². The Balaban J connectivity index is 1.99. The van der Waals surface area contributed by atoms with Gasteiger partial charge in [0.1, 0.15) is 23.6 Å². The molecule has 2 heterocycles. The number of ether oxygens (including phenoxy) is 3. The van der Waals surface area contributed by atoms with E-state index in [0.717, 1.165) is 11.9 Å². The predicted octanol–water partition coefficient (Wildman–Crippen LogP) is 4.11. The molecule has 10 nitrogen and oxygen atoms in total. The van der Waals surface area contributed by atoms with Gasteiger partial charge in [-0.25, -0.2) is 9.78 Å². The van der Waals surface area contributed by atoms with Crippen LogP contribution in [0.2, 0.25) is 0 Å². The van der Waals surface area contributed by atoms with E-state index in [4.69, 9.17) is 19.2 Å². The van der Waals surface area contributed by atoms with E-state index in [9.17, 15) is 14.4 Å². The minimum absolute atomic E-state index is 0.123. The highest BCUT2D eigenvalue weighted by atomic mass is 16.6. The van der Waals surface area contributed by atoms with Crippen LogP contribution in [0.5, 0.6) is 5.75 Å². The second-order valence-corrected chi connectivity index (χ2v) is 9.84. The summed E-state index contributed by atoms with van der Waals surface area (Å²) in [5.74, 6) is -0.488. The first kappa shape index (κ1) is 26.7. The van der Waals surface area contributed by atoms with Crippen LogP contribution in [0.25, 0.3) is 33.2 Å². The van der Waals surface area contributed by atoms with E-state index in [1.54, 1.807) is 70.5 Å². The molecular formula is C28H32N4O6. The minimum atomic E-state index is -0.710. The van der Waals surface area contributed by atoms with E-state index in [1.807, 2.05) is 11.6 Å². The Hall–Kier alpha value is -4.34. The van der Waals surface area contributed by atoms with Gasteiger partial charge in [0.15, 0.2) is 0 Å². The highest BCUT2D eigenvalue weighted by Gasteiger charge is 2.23. The Morgan fingerprint density at radius 3 is 2.45 bits per heavy atom. The first-order valence-corrected chi connectivity index (χ1v) is 12.3. The summed E-state index contributed by atoms with van der Waals surface area (Å²) in [6.45, 7) is 7.74. The number of rotatable bonds is 8. The molecule has 4 aromatic rings. The van der Waals surface area contributed by atoms with Gasteiger partial charge >= 0.3 is 11.9 Å². The van der Waals surface area contributed by atoms with Crippen LogP contribution in [0.15, 0.2) is 47.4 Å². The number of benzene rings is 2. The number of hydrogen-bond acceptors (Lipinski definition) is 8. The summed E-state index contributed by atoms with van der Waals surface area (Å²) < 4.78 is 18.9. The lowest BCUT2D eigenvalue weighted by molar-refractivity contribution is -0.155. The molecule has 0 aliphatic carbocycles. The summed E-state index contributed by atoms with van der Waals surface area (Å²) in [5.41, 5.74) is 4.78. The lowest BCUT2D eigenvalue weighted by Gasteiger charge is -2.20. The molecule has 0 saturated heterocycles. The quantitative estimate of drug-likeness (QED) is 0.345. The fourth-order valence-corrected chi connectivity index (χ4v) is 4.22. The number of esters is 2. The number of methoxy groups -OCH3 is 2. The van der Waals surface area contributed by atoms with E-state index in [0.29, 0.717) is 39.8 Å². The molecule has 0 bridgehead atoms. The maximum Gasteiger partial charge on any atom is 0.337 e. The molecular weight excluding hydrogens is 488 g/mol. The summed E-state index contributed by atoms with van der Waals surface area (Å²) in [4.78, 5) is 43.7. The van der Waals surface area contributed by atoms with Crippen molar-refractivity contribution in [2.45, 2.75) is 46.3 Å². The Kier molecular flexibility index (Phi) is 7.43. The van der Waals surface area contributed by atoms with Crippen molar-refractivity contribution in [3.63, 3.8) is 0 Å². The Morgan fingerprint density at radius 1 is 1.05 bits per heavy atom. The van der Waals surface area contributed by atoms with Gasteiger partial charge in [0.25, 0.3) is 5.56 Å². The van der Waals surface area contributed by atoms with Gasteiger partial charge in [0, 0.05) is 29.8 Å². The molecule has 0 atom stereocenters. The number of fused-ring (bicyclic) bond motifs is 2. The van der Waals surface area contributed by atoms with Crippen molar-refractivity contribution in [2.24, 2.45) is 0 Å². The second kappa shape index (κ2) is 10.6. The van der Waals surface area contributed by atoms with Crippen molar-refractivity contribution in [2.75, 3.05) is 26.2 Å². The minimum Gasteiger partial charge on any atom is -0.497 e. The summed E-state index contributed by atoms with van der Waals surface area (Å²) in [6, 6.07) is 10.2. The third-order valence-corrected chi connectivity index (χ3v) is 5.87. The molecule has 2 aromatic heterocycles. The average Bonchev–Trinajstić information content (AvgIpc) is 3.24. The molecule has 0 unspecified atom stereocenters. The molecule has 0 aliphatic heterocycles. The molecule has 0 radical (unpaired) electrons. The van der Waals surface area contributed by atoms with Crippen molar-refractivity contribution < 1.29 is 23.8 Å². The van der Waals surface area contributed by atoms with Crippen LogP contribution >= 0.6 is 0 Å². The van der Waals surface area contributed by atoms with Crippen LogP contribution in [0, 0.1) is 0 Å². The predicted molar refractivity (Wildman–Crippen MR) is 145 cm³/mol. The van der Waals surface area contributed by atoms with Gasteiger partial charge in [-0.05, 0) is 57.5 Å². The zero-order valence-corrected chi connectivity index (χ0v) is 22.5. The van der Waals surface area contributed by atoms with E-state index >= 15 is 0 Å². The lowest BCUT2D eigenvalue weighted by atomic mass is 10.1. The van der Waals surface area contributed by atoms with Crippen molar-refractivity contribution >= 4 is 33.9 Å². The van der Waals surface area contributed by atoms with Crippen molar-refractivity contribution in [1.82, 2.24) is 14.2 Å². The van der Waals surface area contributed by atoms with Crippen LogP contribution < -0.4 is 15.7 Å². The van der Waals surface area contributed by atoms with E-state index in [2.05, 4.69) is 5.43 Å². The number of aromatic nitrogens is 3. The van der Waals surface area contributed by atoms with E-state index in [-0.39, 0.29) is 12.2 Å². The van der Waals surface area contributed by atoms with Gasteiger partial charge in [-0.2, -0.15) is 0 Å². The monoisotopic (exact) mass is 520 g/mol. The summed E-state index contributed by atoms with van der Waals surface area (Å²) >= 11 is 0. The first-order chi connectivity index (χ1) is 18.1. The third-order valence-electron chi connectivity index (χ3n) is 5.87. The van der Waals surface area contributed by atoms with Crippen LogP contribution in [0.1, 0.15) is 44.5 Å². The Morgan fingerprint density at radius 2 is 1.79 bits per heavy atom. The highest BCUT2D eigenvalue weighted by Crippen LogP contribution is 2.30. The van der Waals surface area contributed by atoms with Crippen molar-refractivity contribution in [1.29, 1.82) is 0 Å². The van der Waals surface area contributed by atoms with Gasteiger partial charge in [-0.3, -0.25) is 18.8 Å². The summed E-state index contributed by atoms with van der Waals surface area (Å²) in [7, 11) is 2.86. The van der Waals surface area contributed by atoms with E-state index < -0.39 is 23.1 Å². The first-order valence-electron chi connectivity index (χ1n) is 12.3. The maximum absolute atomic E-state index is 13.9. The SMILES string of the molecule is CCCNn1cc(-c2nc3cc(OC)ccc3n(CC(=O)OC(C)(C)C)c2=O)c2cc(C(=O)OC)ccc21. The molecule has 1 N–H and O–H groups in total. The zero-order valence-electron chi connectivity index (χ0n) is 22.5. The fraction of sp³-hybridized carbons (Fsp3) is 0.357. The van der Waals surface area contributed by atoms with Gasteiger partial charge in [-0.15, -0.1) is 0 Å². The molecule has 4 rings (SSSR count). The van der Waals surface area contributed by atoms with Crippen molar-refractivity contribution in [3.8, 4) is 17.0 Å². The van der Waals surface area contributed by atoms with Crippen LogP contribution in [0.3, 0.4) is 0 Å². The zero-order chi connectivity index (χ0) is 27.6. The van der Waals surface area contributed by atoms with E-state index in [1.165, 1.54) is 11.7 Å². The third kappa shape index (κ3) is 5.34. The molecule has 2 aromatic carbocycles. The van der Waals surface area contributed by atoms with Gasteiger partial charge in [0.2, 0.25) is 0 Å². The average molecular weight is 521 g/mol. The van der Waals surface area contributed by atoms with Crippen LogP contribution in [0.4, 0.5) is 0 Å². The number of nitrogens with zero attached hydrogens (tertiary/aromatic N) is 3. The molecule has 0 spiro atoms. The molecule has 0 fully saturated rings. The van der Waals surface area contributed by atoms with Gasteiger partial charge < -0.3 is 19.6 Å². The Labute approximate surface area is 220 Å². The molecule has 0 amide bonds. The number of hydrogen-bond donors (Lipinski definition) is 1. The van der Waals surface area contributed by atoms with Gasteiger partial charge in [-0.1, -0.05) is 6.92 Å². The molecule has 38 heavy (non-hydrogen) atoms. The van der Waals surface area contributed by atoms with Crippen molar-refractivity contribution in [3.05, 3.63) is 58.5 Å². The smallest absolute Gasteiger partial charge is 0.337 e. The number of nitrogens with one attached hydrogen (secondary N) is 1. The lowest BCUT2D eigenvalue weighted by Crippen LogP contribution is -2.31.